The van der Waals surface area contributed by atoms with Crippen molar-refractivity contribution in [3.05, 3.63) is 117 Å². The van der Waals surface area contributed by atoms with E-state index in [9.17, 15) is 19.2 Å². The van der Waals surface area contributed by atoms with E-state index < -0.39 is 11.9 Å². The van der Waals surface area contributed by atoms with Crippen molar-refractivity contribution in [3.63, 3.8) is 0 Å². The Morgan fingerprint density at radius 1 is 0.600 bits per heavy atom. The Balaban J connectivity index is 1.16. The standard InChI is InChI=1S/C36H32Cl2N4O8/c1-47-31-19-23(15-17-29(31)49-35(45)25-9-3-5-11-27(25)37)21-39-41-33(43)13-7-8-14-34(44)42-40-22-24-16-18-30(32(20-24)48-2)50-36(46)26-10-4-6-12-28(26)38/h3-6,9-12,15-22H,7-8,13-14H2,1-2H3,(H,41,43)(H,42,44). The number of rotatable bonds is 15. The van der Waals surface area contributed by atoms with Gasteiger partial charge < -0.3 is 18.9 Å². The van der Waals surface area contributed by atoms with Crippen LogP contribution in [0.2, 0.25) is 10.0 Å². The van der Waals surface area contributed by atoms with Crippen molar-refractivity contribution in [3.8, 4) is 23.0 Å². The molecule has 0 unspecified atom stereocenters. The van der Waals surface area contributed by atoms with Gasteiger partial charge in [0.1, 0.15) is 0 Å². The van der Waals surface area contributed by atoms with Gasteiger partial charge in [-0.1, -0.05) is 47.5 Å². The number of benzene rings is 4. The smallest absolute Gasteiger partial charge is 0.345 e. The van der Waals surface area contributed by atoms with Crippen LogP contribution in [-0.2, 0) is 9.59 Å². The number of halogens is 2. The molecular formula is C36H32Cl2N4O8. The molecule has 0 fully saturated rings. The molecule has 2 N–H and O–H groups in total. The molecular weight excluding hydrogens is 687 g/mol. The van der Waals surface area contributed by atoms with Crippen LogP contribution in [0.15, 0.2) is 95.1 Å². The molecule has 0 atom stereocenters. The Bertz CT molecular complexity index is 1780. The molecule has 258 valence electrons. The summed E-state index contributed by atoms with van der Waals surface area (Å²) >= 11 is 12.1. The van der Waals surface area contributed by atoms with Crippen molar-refractivity contribution >= 4 is 59.4 Å². The number of unbranched alkanes of at least 4 members (excludes halogenated alkanes) is 1. The van der Waals surface area contributed by atoms with Crippen molar-refractivity contribution < 1.29 is 38.1 Å². The number of amides is 2. The minimum Gasteiger partial charge on any atom is -0.493 e. The highest BCUT2D eigenvalue weighted by molar-refractivity contribution is 6.34. The van der Waals surface area contributed by atoms with Gasteiger partial charge in [0.2, 0.25) is 11.8 Å². The number of carbonyl (C=O) groups is 4. The lowest BCUT2D eigenvalue weighted by molar-refractivity contribution is -0.123. The van der Waals surface area contributed by atoms with Gasteiger partial charge in [0.05, 0.1) is 47.8 Å². The highest BCUT2D eigenvalue weighted by Crippen LogP contribution is 2.30. The van der Waals surface area contributed by atoms with Crippen LogP contribution in [0, 0.1) is 0 Å². The molecule has 0 saturated carbocycles. The molecule has 4 aromatic carbocycles. The van der Waals surface area contributed by atoms with Gasteiger partial charge in [-0.25, -0.2) is 20.4 Å². The number of nitrogens with one attached hydrogen (secondary N) is 2. The first-order chi connectivity index (χ1) is 24.2. The van der Waals surface area contributed by atoms with Crippen LogP contribution in [0.3, 0.4) is 0 Å². The number of methoxy groups -OCH3 is 2. The van der Waals surface area contributed by atoms with Crippen molar-refractivity contribution in [1.82, 2.24) is 10.9 Å². The average Bonchev–Trinajstić information content (AvgIpc) is 3.11. The zero-order chi connectivity index (χ0) is 35.9. The maximum atomic E-state index is 12.5. The third kappa shape index (κ3) is 10.9. The maximum absolute atomic E-state index is 12.5. The van der Waals surface area contributed by atoms with Gasteiger partial charge in [0.25, 0.3) is 0 Å². The van der Waals surface area contributed by atoms with Gasteiger partial charge in [-0.05, 0) is 84.6 Å². The first kappa shape index (κ1) is 37.1. The Morgan fingerprint density at radius 3 is 1.38 bits per heavy atom. The number of hydrogen-bond donors (Lipinski definition) is 2. The van der Waals surface area contributed by atoms with E-state index >= 15 is 0 Å². The first-order valence-corrected chi connectivity index (χ1v) is 15.9. The van der Waals surface area contributed by atoms with Gasteiger partial charge in [-0.15, -0.1) is 0 Å². The third-order valence-electron chi connectivity index (χ3n) is 6.83. The van der Waals surface area contributed by atoms with E-state index in [1.807, 2.05) is 0 Å². The van der Waals surface area contributed by atoms with Crippen LogP contribution >= 0.6 is 23.2 Å². The summed E-state index contributed by atoms with van der Waals surface area (Å²) in [6.45, 7) is 0. The number of ether oxygens (including phenoxy) is 4. The van der Waals surface area contributed by atoms with E-state index in [1.165, 1.54) is 26.6 Å². The second-order valence-electron chi connectivity index (χ2n) is 10.4. The van der Waals surface area contributed by atoms with Gasteiger partial charge in [-0.2, -0.15) is 10.2 Å². The monoisotopic (exact) mass is 718 g/mol. The third-order valence-corrected chi connectivity index (χ3v) is 7.49. The molecule has 0 aromatic heterocycles. The topological polar surface area (TPSA) is 154 Å². The minimum absolute atomic E-state index is 0.154. The van der Waals surface area contributed by atoms with Crippen LogP contribution in [0.1, 0.15) is 57.5 Å². The van der Waals surface area contributed by atoms with Crippen LogP contribution in [0.25, 0.3) is 0 Å². The van der Waals surface area contributed by atoms with Gasteiger partial charge in [0, 0.05) is 12.8 Å². The molecule has 0 bridgehead atoms. The van der Waals surface area contributed by atoms with E-state index in [0.29, 0.717) is 24.0 Å². The number of hydrogen-bond acceptors (Lipinski definition) is 10. The summed E-state index contributed by atoms with van der Waals surface area (Å²) in [5, 5.41) is 8.45. The van der Waals surface area contributed by atoms with Gasteiger partial charge in [-0.3, -0.25) is 9.59 Å². The van der Waals surface area contributed by atoms with Crippen molar-refractivity contribution in [2.75, 3.05) is 14.2 Å². The molecule has 0 saturated heterocycles. The molecule has 0 aliphatic rings. The Labute approximate surface area is 298 Å². The summed E-state index contributed by atoms with van der Waals surface area (Å²) in [5.74, 6) is -0.960. The predicted molar refractivity (Wildman–Crippen MR) is 189 cm³/mol. The molecule has 4 aromatic rings. The molecule has 0 heterocycles. The number of hydrazone groups is 2. The molecule has 0 radical (unpaired) electrons. The lowest BCUT2D eigenvalue weighted by Gasteiger charge is -2.10. The normalized spacial score (nSPS) is 10.9. The molecule has 2 amide bonds. The van der Waals surface area contributed by atoms with Crippen LogP contribution in [-0.4, -0.2) is 50.4 Å². The second kappa shape index (κ2) is 18.7. The fourth-order valence-corrected chi connectivity index (χ4v) is 4.73. The summed E-state index contributed by atoms with van der Waals surface area (Å²) in [6, 6.07) is 22.6. The SMILES string of the molecule is COc1cc(C=NNC(=O)CCCCC(=O)NN=Cc2ccc(OC(=O)c3ccccc3Cl)c(OC)c2)ccc1OC(=O)c1ccccc1Cl. The van der Waals surface area contributed by atoms with E-state index in [-0.39, 0.29) is 68.8 Å². The van der Waals surface area contributed by atoms with Gasteiger partial charge >= 0.3 is 11.9 Å². The summed E-state index contributed by atoms with van der Waals surface area (Å²) in [6.07, 6.45) is 4.04. The zero-order valence-electron chi connectivity index (χ0n) is 27.0. The van der Waals surface area contributed by atoms with Crippen molar-refractivity contribution in [2.24, 2.45) is 10.2 Å². The highest BCUT2D eigenvalue weighted by atomic mass is 35.5. The van der Waals surface area contributed by atoms with Gasteiger partial charge in [0.15, 0.2) is 23.0 Å². The fourth-order valence-electron chi connectivity index (χ4n) is 4.30. The zero-order valence-corrected chi connectivity index (χ0v) is 28.5. The minimum atomic E-state index is -0.631. The molecule has 12 nitrogen and oxygen atoms in total. The molecule has 0 spiro atoms. The predicted octanol–water partition coefficient (Wildman–Crippen LogP) is 6.61. The fraction of sp³-hybridized carbons (Fsp3) is 0.167. The summed E-state index contributed by atoms with van der Waals surface area (Å²) in [5.41, 5.74) is 6.49. The lowest BCUT2D eigenvalue weighted by Crippen LogP contribution is -2.19. The molecule has 4 rings (SSSR count). The van der Waals surface area contributed by atoms with Crippen molar-refractivity contribution in [2.45, 2.75) is 25.7 Å². The Morgan fingerprint density at radius 2 is 1.00 bits per heavy atom. The Hall–Kier alpha value is -5.72. The average molecular weight is 720 g/mol. The quantitative estimate of drug-likeness (QED) is 0.0458. The molecule has 50 heavy (non-hydrogen) atoms. The number of carbonyl (C=O) groups excluding carboxylic acids is 4. The molecule has 0 aliphatic carbocycles. The summed E-state index contributed by atoms with van der Waals surface area (Å²) in [4.78, 5) is 49.4. The first-order valence-electron chi connectivity index (χ1n) is 15.1. The second-order valence-corrected chi connectivity index (χ2v) is 11.2. The van der Waals surface area contributed by atoms with E-state index in [1.54, 1.807) is 84.9 Å². The van der Waals surface area contributed by atoms with Crippen LogP contribution in [0.4, 0.5) is 0 Å². The Kier molecular flexibility index (Phi) is 13.9. The van der Waals surface area contributed by atoms with Crippen LogP contribution in [0.5, 0.6) is 23.0 Å². The number of esters is 2. The lowest BCUT2D eigenvalue weighted by atomic mass is 10.2. The molecule has 14 heteroatoms. The summed E-state index contributed by atoms with van der Waals surface area (Å²) in [7, 11) is 2.86. The van der Waals surface area contributed by atoms with Crippen LogP contribution < -0.4 is 29.8 Å². The summed E-state index contributed by atoms with van der Waals surface area (Å²) < 4.78 is 21.5. The maximum Gasteiger partial charge on any atom is 0.345 e. The highest BCUT2D eigenvalue weighted by Gasteiger charge is 2.17. The van der Waals surface area contributed by atoms with E-state index in [4.69, 9.17) is 42.1 Å². The van der Waals surface area contributed by atoms with Crippen molar-refractivity contribution in [1.29, 1.82) is 0 Å². The van der Waals surface area contributed by atoms with E-state index in [0.717, 1.165) is 0 Å². The largest absolute Gasteiger partial charge is 0.493 e. The molecule has 0 aliphatic heterocycles. The number of nitrogens with zero attached hydrogens (tertiary/aromatic N) is 2. The van der Waals surface area contributed by atoms with E-state index in [2.05, 4.69) is 21.1 Å².